The molecular formula is C11H8FNO. The maximum atomic E-state index is 12.8. The van der Waals surface area contributed by atoms with Crippen molar-refractivity contribution in [2.24, 2.45) is 0 Å². The smallest absolute Gasteiger partial charge is 0.124 e. The molecule has 70 valence electrons. The first-order valence-electron chi connectivity index (χ1n) is 4.03. The van der Waals surface area contributed by atoms with E-state index in [1.165, 1.54) is 18.2 Å². The molecule has 1 aromatic carbocycles. The lowest BCUT2D eigenvalue weighted by Gasteiger charge is -1.98. The van der Waals surface area contributed by atoms with Crippen molar-refractivity contribution in [2.75, 3.05) is 6.61 Å². The summed E-state index contributed by atoms with van der Waals surface area (Å²) in [5, 5.41) is 17.0. The number of nitrogens with zero attached hydrogens (tertiary/aromatic N) is 1. The van der Waals surface area contributed by atoms with Crippen molar-refractivity contribution in [1.29, 1.82) is 5.26 Å². The summed E-state index contributed by atoms with van der Waals surface area (Å²) in [7, 11) is 0. The SMILES string of the molecule is N#CCc1ccc(F)cc1C#CCO. The quantitative estimate of drug-likeness (QED) is 0.675. The summed E-state index contributed by atoms with van der Waals surface area (Å²) < 4.78 is 12.8. The second-order valence-corrected chi connectivity index (χ2v) is 2.60. The summed E-state index contributed by atoms with van der Waals surface area (Å²) in [5.41, 5.74) is 1.13. The van der Waals surface area contributed by atoms with Crippen molar-refractivity contribution in [3.63, 3.8) is 0 Å². The lowest BCUT2D eigenvalue weighted by Crippen LogP contribution is -1.90. The molecule has 0 saturated heterocycles. The zero-order valence-corrected chi connectivity index (χ0v) is 7.42. The molecule has 3 heteroatoms. The molecule has 1 rings (SSSR count). The van der Waals surface area contributed by atoms with Gasteiger partial charge >= 0.3 is 0 Å². The molecule has 2 nitrogen and oxygen atoms in total. The first kappa shape index (κ1) is 10.2. The first-order chi connectivity index (χ1) is 6.77. The third-order valence-corrected chi connectivity index (χ3v) is 1.64. The fourth-order valence-electron chi connectivity index (χ4n) is 1.04. The van der Waals surface area contributed by atoms with Gasteiger partial charge in [-0.2, -0.15) is 5.26 Å². The number of hydrogen-bond donors (Lipinski definition) is 1. The molecule has 1 aromatic rings. The Morgan fingerprint density at radius 1 is 1.43 bits per heavy atom. The molecule has 0 spiro atoms. The van der Waals surface area contributed by atoms with Gasteiger partial charge in [-0.05, 0) is 17.7 Å². The van der Waals surface area contributed by atoms with Gasteiger partial charge in [-0.25, -0.2) is 4.39 Å². The van der Waals surface area contributed by atoms with Gasteiger partial charge in [-0.1, -0.05) is 17.9 Å². The van der Waals surface area contributed by atoms with Crippen molar-refractivity contribution in [1.82, 2.24) is 0 Å². The zero-order valence-electron chi connectivity index (χ0n) is 7.42. The van der Waals surface area contributed by atoms with E-state index >= 15 is 0 Å². The molecule has 0 radical (unpaired) electrons. The van der Waals surface area contributed by atoms with Gasteiger partial charge in [0.05, 0.1) is 12.5 Å². The van der Waals surface area contributed by atoms with Crippen LogP contribution in [0.3, 0.4) is 0 Å². The van der Waals surface area contributed by atoms with Crippen LogP contribution in [0.5, 0.6) is 0 Å². The maximum absolute atomic E-state index is 12.8. The Hall–Kier alpha value is -1.84. The van der Waals surface area contributed by atoms with Gasteiger partial charge < -0.3 is 5.11 Å². The van der Waals surface area contributed by atoms with Crippen molar-refractivity contribution >= 4 is 0 Å². The molecule has 0 fully saturated rings. The Kier molecular flexibility index (Phi) is 3.67. The third-order valence-electron chi connectivity index (χ3n) is 1.64. The van der Waals surface area contributed by atoms with Crippen LogP contribution < -0.4 is 0 Å². The largest absolute Gasteiger partial charge is 0.384 e. The number of benzene rings is 1. The minimum absolute atomic E-state index is 0.190. The van der Waals surface area contributed by atoms with Crippen molar-refractivity contribution in [2.45, 2.75) is 6.42 Å². The molecule has 0 aromatic heterocycles. The average Bonchev–Trinajstić information content (AvgIpc) is 2.18. The van der Waals surface area contributed by atoms with E-state index < -0.39 is 5.82 Å². The highest BCUT2D eigenvalue weighted by atomic mass is 19.1. The van der Waals surface area contributed by atoms with E-state index in [1.54, 1.807) is 0 Å². The van der Waals surface area contributed by atoms with Gasteiger partial charge in [0.15, 0.2) is 0 Å². The number of halogens is 1. The van der Waals surface area contributed by atoms with Gasteiger partial charge in [0.1, 0.15) is 12.4 Å². The minimum atomic E-state index is -0.395. The molecular weight excluding hydrogens is 181 g/mol. The summed E-state index contributed by atoms with van der Waals surface area (Å²) in [4.78, 5) is 0. The van der Waals surface area contributed by atoms with Gasteiger partial charge in [0.25, 0.3) is 0 Å². The van der Waals surface area contributed by atoms with Crippen LogP contribution in [0.15, 0.2) is 18.2 Å². The minimum Gasteiger partial charge on any atom is -0.384 e. The van der Waals surface area contributed by atoms with Crippen molar-refractivity contribution in [3.05, 3.63) is 35.1 Å². The molecule has 0 heterocycles. The Labute approximate surface area is 81.6 Å². The molecule has 0 aliphatic rings. The standard InChI is InChI=1S/C11H8FNO/c12-11-4-3-9(5-6-13)10(8-11)2-1-7-14/h3-4,8,14H,5,7H2. The monoisotopic (exact) mass is 189 g/mol. The summed E-state index contributed by atoms with van der Waals surface area (Å²) in [5.74, 6) is 4.62. The van der Waals surface area contributed by atoms with Crippen LogP contribution in [-0.2, 0) is 6.42 Å². The molecule has 0 unspecified atom stereocenters. The number of rotatable bonds is 1. The molecule has 0 aliphatic carbocycles. The summed E-state index contributed by atoms with van der Waals surface area (Å²) in [6.45, 7) is -0.275. The predicted octanol–water partition coefficient (Wildman–Crippen LogP) is 1.24. The number of aliphatic hydroxyl groups excluding tert-OH is 1. The Bertz CT molecular complexity index is 423. The van der Waals surface area contributed by atoms with E-state index in [0.29, 0.717) is 11.1 Å². The summed E-state index contributed by atoms with van der Waals surface area (Å²) >= 11 is 0. The fourth-order valence-corrected chi connectivity index (χ4v) is 1.04. The number of hydrogen-bond acceptors (Lipinski definition) is 2. The third kappa shape index (κ3) is 2.58. The van der Waals surface area contributed by atoms with Crippen LogP contribution in [0.2, 0.25) is 0 Å². The average molecular weight is 189 g/mol. The van der Waals surface area contributed by atoms with E-state index in [2.05, 4.69) is 11.8 Å². The highest BCUT2D eigenvalue weighted by Crippen LogP contribution is 2.10. The molecule has 1 N–H and O–H groups in total. The topological polar surface area (TPSA) is 44.0 Å². The van der Waals surface area contributed by atoms with Crippen LogP contribution in [0.25, 0.3) is 0 Å². The normalized spacial score (nSPS) is 8.64. The van der Waals surface area contributed by atoms with Crippen LogP contribution in [0.1, 0.15) is 11.1 Å². The molecule has 0 bridgehead atoms. The Morgan fingerprint density at radius 2 is 2.21 bits per heavy atom. The van der Waals surface area contributed by atoms with E-state index in [-0.39, 0.29) is 13.0 Å². The van der Waals surface area contributed by atoms with Crippen molar-refractivity contribution in [3.8, 4) is 17.9 Å². The number of nitriles is 1. The number of aliphatic hydroxyl groups is 1. The molecule has 0 aliphatic heterocycles. The molecule has 0 amide bonds. The van der Waals surface area contributed by atoms with E-state index in [4.69, 9.17) is 10.4 Å². The lowest BCUT2D eigenvalue weighted by atomic mass is 10.1. The van der Waals surface area contributed by atoms with Gasteiger partial charge in [0.2, 0.25) is 0 Å². The second kappa shape index (κ2) is 5.01. The Balaban J connectivity index is 3.10. The lowest BCUT2D eigenvalue weighted by molar-refractivity contribution is 0.350. The van der Waals surface area contributed by atoms with Gasteiger partial charge in [0, 0.05) is 5.56 Å². The highest BCUT2D eigenvalue weighted by molar-refractivity contribution is 5.42. The van der Waals surface area contributed by atoms with Crippen LogP contribution in [0, 0.1) is 29.0 Å². The predicted molar refractivity (Wildman–Crippen MR) is 49.7 cm³/mol. The van der Waals surface area contributed by atoms with Gasteiger partial charge in [-0.3, -0.25) is 0 Å². The van der Waals surface area contributed by atoms with E-state index in [9.17, 15) is 4.39 Å². The maximum Gasteiger partial charge on any atom is 0.124 e. The van der Waals surface area contributed by atoms with E-state index in [1.807, 2.05) is 6.07 Å². The zero-order chi connectivity index (χ0) is 10.4. The highest BCUT2D eigenvalue weighted by Gasteiger charge is 2.00. The van der Waals surface area contributed by atoms with E-state index in [0.717, 1.165) is 0 Å². The Morgan fingerprint density at radius 3 is 2.86 bits per heavy atom. The molecule has 0 atom stereocenters. The van der Waals surface area contributed by atoms with Gasteiger partial charge in [-0.15, -0.1) is 0 Å². The first-order valence-corrected chi connectivity index (χ1v) is 4.03. The molecule has 0 saturated carbocycles. The van der Waals surface area contributed by atoms with Crippen molar-refractivity contribution < 1.29 is 9.50 Å². The fraction of sp³-hybridized carbons (Fsp3) is 0.182. The van der Waals surface area contributed by atoms with Crippen LogP contribution >= 0.6 is 0 Å². The molecule has 14 heavy (non-hydrogen) atoms. The second-order valence-electron chi connectivity index (χ2n) is 2.60. The summed E-state index contributed by atoms with van der Waals surface area (Å²) in [6, 6.07) is 6.04. The summed E-state index contributed by atoms with van der Waals surface area (Å²) in [6.07, 6.45) is 0.190. The van der Waals surface area contributed by atoms with Crippen LogP contribution in [-0.4, -0.2) is 11.7 Å². The van der Waals surface area contributed by atoms with Crippen LogP contribution in [0.4, 0.5) is 4.39 Å².